The molecule has 2 rings (SSSR count). The molecule has 0 radical (unpaired) electrons. The smallest absolute Gasteiger partial charge is 0.256 e. The minimum absolute atomic E-state index is 0.175. The van der Waals surface area contributed by atoms with Crippen molar-refractivity contribution >= 4 is 5.91 Å². The lowest BCUT2D eigenvalue weighted by Crippen LogP contribution is -2.46. The highest BCUT2D eigenvalue weighted by Crippen LogP contribution is 2.19. The first-order valence-electron chi connectivity index (χ1n) is 7.86. The molecular formula is C17H25FN2O. The van der Waals surface area contributed by atoms with Gasteiger partial charge in [-0.05, 0) is 50.6 Å². The van der Waals surface area contributed by atoms with Gasteiger partial charge in [0.1, 0.15) is 5.82 Å². The lowest BCUT2D eigenvalue weighted by molar-refractivity contribution is 0.0627. The number of piperidine rings is 1. The Balaban J connectivity index is 2.00. The predicted molar refractivity (Wildman–Crippen MR) is 83.0 cm³/mol. The van der Waals surface area contributed by atoms with Crippen LogP contribution < -0.4 is 0 Å². The third-order valence-electron chi connectivity index (χ3n) is 4.44. The summed E-state index contributed by atoms with van der Waals surface area (Å²) in [6.07, 6.45) is 1.95. The van der Waals surface area contributed by atoms with Crippen molar-refractivity contribution in [2.75, 3.05) is 26.2 Å². The standard InChI is InChI=1S/C17H25FN2O/c1-4-19(5-2)14-8-10-20(11-9-14)17(21)15-7-6-13(3)12-16(15)18/h6-7,12,14H,4-5,8-11H2,1-3H3. The maximum atomic E-state index is 13.9. The molecule has 1 saturated heterocycles. The molecule has 0 aromatic heterocycles. The highest BCUT2D eigenvalue weighted by atomic mass is 19.1. The van der Waals surface area contributed by atoms with Crippen molar-refractivity contribution in [1.82, 2.24) is 9.80 Å². The Bertz CT molecular complexity index is 492. The van der Waals surface area contributed by atoms with Gasteiger partial charge in [0.25, 0.3) is 5.91 Å². The zero-order valence-electron chi connectivity index (χ0n) is 13.2. The summed E-state index contributed by atoms with van der Waals surface area (Å²) in [6, 6.07) is 5.37. The number of benzene rings is 1. The van der Waals surface area contributed by atoms with Crippen LogP contribution in [-0.4, -0.2) is 47.9 Å². The average molecular weight is 292 g/mol. The van der Waals surface area contributed by atoms with Crippen LogP contribution in [0.5, 0.6) is 0 Å². The zero-order valence-corrected chi connectivity index (χ0v) is 13.2. The molecule has 3 nitrogen and oxygen atoms in total. The first-order chi connectivity index (χ1) is 10.1. The van der Waals surface area contributed by atoms with Crippen LogP contribution in [0.4, 0.5) is 4.39 Å². The quantitative estimate of drug-likeness (QED) is 0.851. The number of rotatable bonds is 4. The van der Waals surface area contributed by atoms with E-state index in [0.717, 1.165) is 31.5 Å². The van der Waals surface area contributed by atoms with Crippen molar-refractivity contribution in [2.45, 2.75) is 39.7 Å². The SMILES string of the molecule is CCN(CC)C1CCN(C(=O)c2ccc(C)cc2F)CC1. The minimum atomic E-state index is -0.411. The lowest BCUT2D eigenvalue weighted by atomic mass is 10.0. The summed E-state index contributed by atoms with van der Waals surface area (Å²) in [5, 5.41) is 0. The van der Waals surface area contributed by atoms with Gasteiger partial charge in [0.2, 0.25) is 0 Å². The fourth-order valence-corrected chi connectivity index (χ4v) is 3.14. The molecule has 21 heavy (non-hydrogen) atoms. The van der Waals surface area contributed by atoms with Crippen LogP contribution in [0.15, 0.2) is 18.2 Å². The third-order valence-corrected chi connectivity index (χ3v) is 4.44. The first kappa shape index (κ1) is 16.0. The normalized spacial score (nSPS) is 16.5. The number of likely N-dealkylation sites (tertiary alicyclic amines) is 1. The van der Waals surface area contributed by atoms with Crippen LogP contribution in [0.25, 0.3) is 0 Å². The van der Waals surface area contributed by atoms with E-state index in [1.165, 1.54) is 6.07 Å². The summed E-state index contributed by atoms with van der Waals surface area (Å²) in [5.41, 5.74) is 1.03. The van der Waals surface area contributed by atoms with E-state index in [9.17, 15) is 9.18 Å². The van der Waals surface area contributed by atoms with Crippen LogP contribution in [0, 0.1) is 12.7 Å². The molecule has 4 heteroatoms. The lowest BCUT2D eigenvalue weighted by Gasteiger charge is -2.37. The minimum Gasteiger partial charge on any atom is -0.338 e. The van der Waals surface area contributed by atoms with E-state index in [1.807, 2.05) is 6.92 Å². The highest BCUT2D eigenvalue weighted by Gasteiger charge is 2.27. The maximum absolute atomic E-state index is 13.9. The molecule has 0 atom stereocenters. The van der Waals surface area contributed by atoms with Gasteiger partial charge >= 0.3 is 0 Å². The topological polar surface area (TPSA) is 23.6 Å². The van der Waals surface area contributed by atoms with E-state index in [-0.39, 0.29) is 11.5 Å². The molecule has 116 valence electrons. The van der Waals surface area contributed by atoms with E-state index in [2.05, 4.69) is 18.7 Å². The second kappa shape index (κ2) is 7.03. The summed E-state index contributed by atoms with van der Waals surface area (Å²) in [4.78, 5) is 16.6. The van der Waals surface area contributed by atoms with Gasteiger partial charge in [-0.25, -0.2) is 4.39 Å². The molecule has 0 unspecified atom stereocenters. The van der Waals surface area contributed by atoms with Crippen LogP contribution in [-0.2, 0) is 0 Å². The monoisotopic (exact) mass is 292 g/mol. The molecule has 0 N–H and O–H groups in total. The van der Waals surface area contributed by atoms with Crippen molar-refractivity contribution in [2.24, 2.45) is 0 Å². The number of hydrogen-bond donors (Lipinski definition) is 0. The second-order valence-electron chi connectivity index (χ2n) is 5.73. The van der Waals surface area contributed by atoms with Gasteiger partial charge in [-0.15, -0.1) is 0 Å². The maximum Gasteiger partial charge on any atom is 0.256 e. The molecule has 1 aromatic carbocycles. The van der Waals surface area contributed by atoms with Crippen molar-refractivity contribution in [3.05, 3.63) is 35.1 Å². The Labute approximate surface area is 126 Å². The molecule has 1 heterocycles. The first-order valence-corrected chi connectivity index (χ1v) is 7.86. The highest BCUT2D eigenvalue weighted by molar-refractivity contribution is 5.94. The van der Waals surface area contributed by atoms with Crippen molar-refractivity contribution < 1.29 is 9.18 Å². The predicted octanol–water partition coefficient (Wildman–Crippen LogP) is 3.08. The van der Waals surface area contributed by atoms with Crippen molar-refractivity contribution in [3.8, 4) is 0 Å². The number of amides is 1. The van der Waals surface area contributed by atoms with E-state index in [4.69, 9.17) is 0 Å². The Morgan fingerprint density at radius 1 is 1.29 bits per heavy atom. The molecule has 1 aliphatic rings. The summed E-state index contributed by atoms with van der Waals surface area (Å²) in [6.45, 7) is 9.68. The van der Waals surface area contributed by atoms with Gasteiger partial charge in [-0.2, -0.15) is 0 Å². The number of aryl methyl sites for hydroxylation is 1. The Morgan fingerprint density at radius 3 is 2.43 bits per heavy atom. The second-order valence-corrected chi connectivity index (χ2v) is 5.73. The number of carbonyl (C=O) groups excluding carboxylic acids is 1. The largest absolute Gasteiger partial charge is 0.338 e. The van der Waals surface area contributed by atoms with Gasteiger partial charge in [-0.1, -0.05) is 19.9 Å². The Kier molecular flexibility index (Phi) is 5.34. The Morgan fingerprint density at radius 2 is 1.90 bits per heavy atom. The molecule has 0 spiro atoms. The summed E-state index contributed by atoms with van der Waals surface area (Å²) in [7, 11) is 0. The van der Waals surface area contributed by atoms with Crippen LogP contribution in [0.2, 0.25) is 0 Å². The number of nitrogens with zero attached hydrogens (tertiary/aromatic N) is 2. The number of carbonyl (C=O) groups is 1. The fourth-order valence-electron chi connectivity index (χ4n) is 3.14. The summed E-state index contributed by atoms with van der Waals surface area (Å²) < 4.78 is 13.9. The van der Waals surface area contributed by atoms with Gasteiger partial charge in [-0.3, -0.25) is 4.79 Å². The van der Waals surface area contributed by atoms with Crippen molar-refractivity contribution in [1.29, 1.82) is 0 Å². The van der Waals surface area contributed by atoms with Gasteiger partial charge in [0.05, 0.1) is 5.56 Å². The molecular weight excluding hydrogens is 267 g/mol. The van der Waals surface area contributed by atoms with Crippen LogP contribution in [0.3, 0.4) is 0 Å². The summed E-state index contributed by atoms with van der Waals surface area (Å²) in [5.74, 6) is -0.587. The van der Waals surface area contributed by atoms with Crippen molar-refractivity contribution in [3.63, 3.8) is 0 Å². The van der Waals surface area contributed by atoms with Crippen LogP contribution >= 0.6 is 0 Å². The third kappa shape index (κ3) is 3.62. The molecule has 0 saturated carbocycles. The van der Waals surface area contributed by atoms with Gasteiger partial charge in [0.15, 0.2) is 0 Å². The molecule has 0 aliphatic carbocycles. The molecule has 1 aromatic rings. The molecule has 1 fully saturated rings. The molecule has 0 bridgehead atoms. The Hall–Kier alpha value is -1.42. The van der Waals surface area contributed by atoms with E-state index in [1.54, 1.807) is 17.0 Å². The fraction of sp³-hybridized carbons (Fsp3) is 0.588. The molecule has 1 aliphatic heterocycles. The van der Waals surface area contributed by atoms with E-state index >= 15 is 0 Å². The summed E-state index contributed by atoms with van der Waals surface area (Å²) >= 11 is 0. The van der Waals surface area contributed by atoms with Gasteiger partial charge < -0.3 is 9.80 Å². The van der Waals surface area contributed by atoms with Crippen LogP contribution in [0.1, 0.15) is 42.6 Å². The molecule has 1 amide bonds. The number of hydrogen-bond acceptors (Lipinski definition) is 2. The zero-order chi connectivity index (χ0) is 15.4. The van der Waals surface area contributed by atoms with E-state index < -0.39 is 5.82 Å². The van der Waals surface area contributed by atoms with Gasteiger partial charge in [0, 0.05) is 19.1 Å². The average Bonchev–Trinajstić information content (AvgIpc) is 2.48. The van der Waals surface area contributed by atoms with E-state index in [0.29, 0.717) is 19.1 Å². The number of halogens is 1.